The topological polar surface area (TPSA) is 41.6 Å². The van der Waals surface area contributed by atoms with Gasteiger partial charge in [-0.15, -0.1) is 0 Å². The van der Waals surface area contributed by atoms with Crippen molar-refractivity contribution in [1.29, 1.82) is 0 Å². The molecule has 1 amide bonds. The Morgan fingerprint density at radius 1 is 1.17 bits per heavy atom. The van der Waals surface area contributed by atoms with E-state index in [9.17, 15) is 4.79 Å². The van der Waals surface area contributed by atoms with Crippen molar-refractivity contribution in [3.63, 3.8) is 0 Å². The molecule has 1 heterocycles. The van der Waals surface area contributed by atoms with E-state index in [1.54, 1.807) is 0 Å². The normalized spacial score (nSPS) is 16.7. The Morgan fingerprint density at radius 2 is 1.89 bits per heavy atom. The minimum atomic E-state index is 0.208. The summed E-state index contributed by atoms with van der Waals surface area (Å²) in [5.41, 5.74) is 0. The third-order valence-corrected chi connectivity index (χ3v) is 3.36. The van der Waals surface area contributed by atoms with Gasteiger partial charge in [-0.05, 0) is 6.42 Å². The lowest BCUT2D eigenvalue weighted by Crippen LogP contribution is -2.41. The highest BCUT2D eigenvalue weighted by molar-refractivity contribution is 5.75. The number of rotatable bonds is 9. The van der Waals surface area contributed by atoms with Crippen LogP contribution in [0.15, 0.2) is 0 Å². The van der Waals surface area contributed by atoms with E-state index in [0.29, 0.717) is 6.42 Å². The maximum Gasteiger partial charge on any atom is 0.220 e. The zero-order valence-corrected chi connectivity index (χ0v) is 11.7. The Bertz CT molecular complexity index is 216. The van der Waals surface area contributed by atoms with E-state index in [1.165, 1.54) is 25.7 Å². The highest BCUT2D eigenvalue weighted by atomic mass is 16.5. The van der Waals surface area contributed by atoms with E-state index in [4.69, 9.17) is 4.74 Å². The summed E-state index contributed by atoms with van der Waals surface area (Å²) >= 11 is 0. The molecule has 1 N–H and O–H groups in total. The molecule has 1 aliphatic rings. The predicted octanol–water partition coefficient (Wildman–Crippen LogP) is 1.80. The monoisotopic (exact) mass is 256 g/mol. The molecule has 0 unspecified atom stereocenters. The van der Waals surface area contributed by atoms with Crippen molar-refractivity contribution in [2.24, 2.45) is 0 Å². The van der Waals surface area contributed by atoms with Gasteiger partial charge < -0.3 is 10.1 Å². The second kappa shape index (κ2) is 10.3. The number of hydrogen-bond acceptors (Lipinski definition) is 3. The van der Waals surface area contributed by atoms with Crippen LogP contribution in [0.5, 0.6) is 0 Å². The zero-order valence-electron chi connectivity index (χ0n) is 11.7. The van der Waals surface area contributed by atoms with Gasteiger partial charge >= 0.3 is 0 Å². The fourth-order valence-corrected chi connectivity index (χ4v) is 2.16. The Hall–Kier alpha value is -0.610. The average molecular weight is 256 g/mol. The van der Waals surface area contributed by atoms with Gasteiger partial charge in [0.2, 0.25) is 5.91 Å². The van der Waals surface area contributed by atoms with E-state index >= 15 is 0 Å². The number of carbonyl (C=O) groups excluding carboxylic acids is 1. The number of morpholine rings is 1. The van der Waals surface area contributed by atoms with Crippen LogP contribution in [-0.4, -0.2) is 50.2 Å². The summed E-state index contributed by atoms with van der Waals surface area (Å²) in [4.78, 5) is 13.9. The molecule has 0 aliphatic carbocycles. The lowest BCUT2D eigenvalue weighted by molar-refractivity contribution is -0.121. The molecule has 1 rings (SSSR count). The third-order valence-electron chi connectivity index (χ3n) is 3.36. The summed E-state index contributed by atoms with van der Waals surface area (Å²) in [7, 11) is 0. The number of nitrogens with one attached hydrogen (secondary N) is 1. The van der Waals surface area contributed by atoms with Crippen LogP contribution >= 0.6 is 0 Å². The number of ether oxygens (including phenoxy) is 1. The minimum Gasteiger partial charge on any atom is -0.379 e. The van der Waals surface area contributed by atoms with Gasteiger partial charge in [0.15, 0.2) is 0 Å². The van der Waals surface area contributed by atoms with E-state index in [1.807, 2.05) is 0 Å². The van der Waals surface area contributed by atoms with Crippen molar-refractivity contribution in [2.45, 2.75) is 45.4 Å². The van der Waals surface area contributed by atoms with E-state index in [0.717, 1.165) is 45.8 Å². The summed E-state index contributed by atoms with van der Waals surface area (Å²) in [5, 5.41) is 3.00. The molecule has 18 heavy (non-hydrogen) atoms. The Labute approximate surface area is 111 Å². The van der Waals surface area contributed by atoms with Crippen LogP contribution in [0.1, 0.15) is 45.4 Å². The zero-order chi connectivity index (χ0) is 13.1. The minimum absolute atomic E-state index is 0.208. The van der Waals surface area contributed by atoms with Gasteiger partial charge in [-0.3, -0.25) is 9.69 Å². The summed E-state index contributed by atoms with van der Waals surface area (Å²) in [6.07, 6.45) is 6.71. The number of nitrogens with zero attached hydrogens (tertiary/aromatic N) is 1. The summed E-state index contributed by atoms with van der Waals surface area (Å²) in [6, 6.07) is 0. The van der Waals surface area contributed by atoms with Gasteiger partial charge in [0.1, 0.15) is 0 Å². The van der Waals surface area contributed by atoms with Crippen LogP contribution in [0.25, 0.3) is 0 Å². The van der Waals surface area contributed by atoms with Gasteiger partial charge in [-0.1, -0.05) is 32.6 Å². The molecule has 4 nitrogen and oxygen atoms in total. The lowest BCUT2D eigenvalue weighted by Gasteiger charge is -2.26. The standard InChI is InChI=1S/C14H28N2O2/c1-2-3-4-5-6-7-14(17)15-8-9-16-10-12-18-13-11-16/h2-13H2,1H3,(H,15,17). The number of carbonyl (C=O) groups is 1. The van der Waals surface area contributed by atoms with Crippen LogP contribution in [0.3, 0.4) is 0 Å². The van der Waals surface area contributed by atoms with E-state index < -0.39 is 0 Å². The molecule has 0 spiro atoms. The van der Waals surface area contributed by atoms with Gasteiger partial charge in [-0.2, -0.15) is 0 Å². The molecule has 0 radical (unpaired) electrons. The highest BCUT2D eigenvalue weighted by Crippen LogP contribution is 2.04. The molecule has 4 heteroatoms. The Balaban J connectivity index is 1.89. The van der Waals surface area contributed by atoms with Gasteiger partial charge in [-0.25, -0.2) is 0 Å². The van der Waals surface area contributed by atoms with Crippen LogP contribution in [0, 0.1) is 0 Å². The first kappa shape index (κ1) is 15.4. The van der Waals surface area contributed by atoms with Gasteiger partial charge in [0.05, 0.1) is 13.2 Å². The van der Waals surface area contributed by atoms with Crippen molar-refractivity contribution in [1.82, 2.24) is 10.2 Å². The van der Waals surface area contributed by atoms with Crippen LogP contribution in [-0.2, 0) is 9.53 Å². The number of unbranched alkanes of at least 4 members (excludes halogenated alkanes) is 4. The summed E-state index contributed by atoms with van der Waals surface area (Å²) < 4.78 is 5.28. The first-order valence-corrected chi connectivity index (χ1v) is 7.39. The smallest absolute Gasteiger partial charge is 0.220 e. The van der Waals surface area contributed by atoms with Crippen LogP contribution < -0.4 is 5.32 Å². The molecule has 1 saturated heterocycles. The third kappa shape index (κ3) is 7.67. The maximum absolute atomic E-state index is 11.6. The van der Waals surface area contributed by atoms with Crippen LogP contribution in [0.2, 0.25) is 0 Å². The second-order valence-electron chi connectivity index (χ2n) is 4.97. The molecule has 106 valence electrons. The van der Waals surface area contributed by atoms with Crippen molar-refractivity contribution in [3.05, 3.63) is 0 Å². The molecule has 0 bridgehead atoms. The van der Waals surface area contributed by atoms with E-state index in [-0.39, 0.29) is 5.91 Å². The quantitative estimate of drug-likeness (QED) is 0.640. The van der Waals surface area contributed by atoms with Gasteiger partial charge in [0, 0.05) is 32.6 Å². The highest BCUT2D eigenvalue weighted by Gasteiger charge is 2.09. The van der Waals surface area contributed by atoms with Crippen molar-refractivity contribution >= 4 is 5.91 Å². The molecular weight excluding hydrogens is 228 g/mol. The first-order chi connectivity index (χ1) is 8.83. The lowest BCUT2D eigenvalue weighted by atomic mass is 10.1. The predicted molar refractivity (Wildman–Crippen MR) is 73.6 cm³/mol. The number of hydrogen-bond donors (Lipinski definition) is 1. The van der Waals surface area contributed by atoms with E-state index in [2.05, 4.69) is 17.1 Å². The molecule has 0 saturated carbocycles. The molecule has 0 atom stereocenters. The molecule has 0 aromatic heterocycles. The summed E-state index contributed by atoms with van der Waals surface area (Å²) in [5.74, 6) is 0.208. The molecular formula is C14H28N2O2. The molecule has 0 aromatic carbocycles. The Kier molecular flexibility index (Phi) is 8.86. The number of amides is 1. The van der Waals surface area contributed by atoms with Crippen molar-refractivity contribution < 1.29 is 9.53 Å². The summed E-state index contributed by atoms with van der Waals surface area (Å²) in [6.45, 7) is 7.56. The molecule has 1 fully saturated rings. The average Bonchev–Trinajstić information content (AvgIpc) is 2.40. The van der Waals surface area contributed by atoms with Crippen molar-refractivity contribution in [3.8, 4) is 0 Å². The largest absolute Gasteiger partial charge is 0.379 e. The van der Waals surface area contributed by atoms with Crippen LogP contribution in [0.4, 0.5) is 0 Å². The first-order valence-electron chi connectivity index (χ1n) is 7.39. The van der Waals surface area contributed by atoms with Gasteiger partial charge in [0.25, 0.3) is 0 Å². The maximum atomic E-state index is 11.6. The second-order valence-corrected chi connectivity index (χ2v) is 4.97. The SMILES string of the molecule is CCCCCCCC(=O)NCCN1CCOCC1. The Morgan fingerprint density at radius 3 is 2.61 bits per heavy atom. The fourth-order valence-electron chi connectivity index (χ4n) is 2.16. The molecule has 0 aromatic rings. The fraction of sp³-hybridized carbons (Fsp3) is 0.929. The molecule has 1 aliphatic heterocycles. The van der Waals surface area contributed by atoms with Crippen molar-refractivity contribution in [2.75, 3.05) is 39.4 Å².